The molecule has 3 rings (SSSR count). The van der Waals surface area contributed by atoms with Crippen LogP contribution in [0, 0.1) is 15.9 Å². The zero-order chi connectivity index (χ0) is 24.5. The summed E-state index contributed by atoms with van der Waals surface area (Å²) in [4.78, 5) is 34.6. The summed E-state index contributed by atoms with van der Waals surface area (Å²) >= 11 is 3.35. The van der Waals surface area contributed by atoms with Gasteiger partial charge in [0.2, 0.25) is 5.91 Å². The molecule has 0 aliphatic carbocycles. The number of benzene rings is 3. The van der Waals surface area contributed by atoms with Crippen molar-refractivity contribution in [1.82, 2.24) is 5.43 Å². The van der Waals surface area contributed by atoms with Crippen LogP contribution in [0.3, 0.4) is 0 Å². The van der Waals surface area contributed by atoms with Gasteiger partial charge in [-0.2, -0.15) is 5.10 Å². The molecule has 11 heteroatoms. The van der Waals surface area contributed by atoms with Crippen molar-refractivity contribution in [3.63, 3.8) is 0 Å². The SMILES string of the molecule is O=C(Cc1ccccc1[N+](=O)[O-])N/N=C/c1ccc(OCC(=O)Nc2ccc(F)cc2)c(Br)c1. The molecule has 0 bridgehead atoms. The summed E-state index contributed by atoms with van der Waals surface area (Å²) in [5.74, 6) is -0.907. The van der Waals surface area contributed by atoms with Gasteiger partial charge in [0.1, 0.15) is 11.6 Å². The van der Waals surface area contributed by atoms with Crippen LogP contribution in [0.15, 0.2) is 76.3 Å². The minimum absolute atomic E-state index is 0.132. The monoisotopic (exact) mass is 528 g/mol. The number of nitro groups is 1. The van der Waals surface area contributed by atoms with Gasteiger partial charge in [0.05, 0.1) is 22.0 Å². The van der Waals surface area contributed by atoms with Crippen LogP contribution >= 0.6 is 15.9 Å². The van der Waals surface area contributed by atoms with Crippen LogP contribution < -0.4 is 15.5 Å². The van der Waals surface area contributed by atoms with E-state index in [1.807, 2.05) is 0 Å². The zero-order valence-electron chi connectivity index (χ0n) is 17.5. The number of ether oxygens (including phenoxy) is 1. The van der Waals surface area contributed by atoms with Crippen molar-refractivity contribution in [3.8, 4) is 5.75 Å². The Morgan fingerprint density at radius 1 is 1.09 bits per heavy atom. The van der Waals surface area contributed by atoms with Gasteiger partial charge < -0.3 is 10.1 Å². The lowest BCUT2D eigenvalue weighted by Gasteiger charge is -2.09. The minimum atomic E-state index is -0.542. The lowest BCUT2D eigenvalue weighted by molar-refractivity contribution is -0.385. The molecule has 3 aromatic carbocycles. The number of hydrogen-bond acceptors (Lipinski definition) is 6. The molecule has 9 nitrogen and oxygen atoms in total. The van der Waals surface area contributed by atoms with E-state index in [1.165, 1.54) is 48.7 Å². The third kappa shape index (κ3) is 7.20. The Bertz CT molecular complexity index is 1230. The number of carbonyl (C=O) groups is 2. The fourth-order valence-electron chi connectivity index (χ4n) is 2.82. The van der Waals surface area contributed by atoms with E-state index in [0.29, 0.717) is 21.5 Å². The number of rotatable bonds is 9. The normalized spacial score (nSPS) is 10.6. The van der Waals surface area contributed by atoms with Crippen LogP contribution in [-0.4, -0.2) is 29.6 Å². The highest BCUT2D eigenvalue weighted by atomic mass is 79.9. The Balaban J connectivity index is 1.50. The van der Waals surface area contributed by atoms with Crippen molar-refractivity contribution in [2.45, 2.75) is 6.42 Å². The van der Waals surface area contributed by atoms with Gasteiger partial charge in [-0.3, -0.25) is 19.7 Å². The number of nitro benzene ring substituents is 1. The predicted octanol–water partition coefficient (Wildman–Crippen LogP) is 4.21. The number of carbonyl (C=O) groups excluding carboxylic acids is 2. The first kappa shape index (κ1) is 24.5. The number of hydrazone groups is 1. The summed E-state index contributed by atoms with van der Waals surface area (Å²) in [6.45, 7) is -0.259. The second kappa shape index (κ2) is 11.7. The van der Waals surface area contributed by atoms with Crippen molar-refractivity contribution >= 4 is 45.3 Å². The lowest BCUT2D eigenvalue weighted by Crippen LogP contribution is -2.20. The van der Waals surface area contributed by atoms with E-state index in [4.69, 9.17) is 4.74 Å². The Labute approximate surface area is 201 Å². The summed E-state index contributed by atoms with van der Waals surface area (Å²) < 4.78 is 19.0. The third-order valence-corrected chi connectivity index (χ3v) is 5.00. The van der Waals surface area contributed by atoms with E-state index in [0.717, 1.165) is 0 Å². The molecule has 0 radical (unpaired) electrons. The molecule has 2 amide bonds. The summed E-state index contributed by atoms with van der Waals surface area (Å²) in [5.41, 5.74) is 3.56. The molecule has 0 atom stereocenters. The largest absolute Gasteiger partial charge is 0.483 e. The molecule has 0 saturated carbocycles. The number of para-hydroxylation sites is 1. The van der Waals surface area contributed by atoms with Gasteiger partial charge in [-0.05, 0) is 64.0 Å². The van der Waals surface area contributed by atoms with Crippen LogP contribution in [0.1, 0.15) is 11.1 Å². The van der Waals surface area contributed by atoms with E-state index >= 15 is 0 Å². The average Bonchev–Trinajstić information content (AvgIpc) is 2.80. The topological polar surface area (TPSA) is 123 Å². The molecule has 34 heavy (non-hydrogen) atoms. The van der Waals surface area contributed by atoms with E-state index in [-0.39, 0.29) is 24.3 Å². The van der Waals surface area contributed by atoms with E-state index in [2.05, 4.69) is 31.8 Å². The predicted molar refractivity (Wildman–Crippen MR) is 127 cm³/mol. The number of amides is 2. The molecular formula is C23H18BrFN4O5. The molecule has 3 aromatic rings. The van der Waals surface area contributed by atoms with Gasteiger partial charge in [0.25, 0.3) is 11.6 Å². The van der Waals surface area contributed by atoms with Crippen LogP contribution in [0.2, 0.25) is 0 Å². The summed E-state index contributed by atoms with van der Waals surface area (Å²) in [6, 6.07) is 16.3. The highest BCUT2D eigenvalue weighted by Gasteiger charge is 2.15. The highest BCUT2D eigenvalue weighted by molar-refractivity contribution is 9.10. The molecule has 0 aromatic heterocycles. The van der Waals surface area contributed by atoms with Gasteiger partial charge in [-0.1, -0.05) is 18.2 Å². The first-order valence-electron chi connectivity index (χ1n) is 9.84. The number of anilines is 1. The fraction of sp³-hybridized carbons (Fsp3) is 0.0870. The molecule has 0 fully saturated rings. The summed E-state index contributed by atoms with van der Waals surface area (Å²) in [5, 5.41) is 17.5. The molecular weight excluding hydrogens is 511 g/mol. The smallest absolute Gasteiger partial charge is 0.273 e. The van der Waals surface area contributed by atoms with Gasteiger partial charge in [-0.25, -0.2) is 9.82 Å². The molecule has 0 heterocycles. The fourth-order valence-corrected chi connectivity index (χ4v) is 3.33. The Hall–Kier alpha value is -4.12. The Morgan fingerprint density at radius 3 is 2.53 bits per heavy atom. The molecule has 2 N–H and O–H groups in total. The number of nitrogens with zero attached hydrogens (tertiary/aromatic N) is 2. The maximum atomic E-state index is 12.9. The minimum Gasteiger partial charge on any atom is -0.483 e. The average molecular weight is 529 g/mol. The van der Waals surface area contributed by atoms with Crippen LogP contribution in [0.5, 0.6) is 5.75 Å². The zero-order valence-corrected chi connectivity index (χ0v) is 19.1. The van der Waals surface area contributed by atoms with Crippen molar-refractivity contribution in [2.24, 2.45) is 5.10 Å². The Morgan fingerprint density at radius 2 is 1.82 bits per heavy atom. The highest BCUT2D eigenvalue weighted by Crippen LogP contribution is 2.25. The van der Waals surface area contributed by atoms with Gasteiger partial charge in [0.15, 0.2) is 6.61 Å². The van der Waals surface area contributed by atoms with Crippen molar-refractivity contribution in [1.29, 1.82) is 0 Å². The standard InChI is InChI=1S/C23H18BrFN4O5/c24-19-11-15(13-26-28-22(30)12-16-3-1-2-4-20(16)29(32)33)5-10-21(19)34-14-23(31)27-18-8-6-17(25)7-9-18/h1-11,13H,12,14H2,(H,27,31)(H,28,30)/b26-13+. The first-order valence-corrected chi connectivity index (χ1v) is 10.6. The van der Waals surface area contributed by atoms with Gasteiger partial charge in [0, 0.05) is 17.3 Å². The number of hydrogen-bond donors (Lipinski definition) is 2. The van der Waals surface area contributed by atoms with Crippen LogP contribution in [0.25, 0.3) is 0 Å². The number of nitrogens with one attached hydrogen (secondary N) is 2. The van der Waals surface area contributed by atoms with Crippen molar-refractivity contribution < 1.29 is 23.6 Å². The molecule has 0 aliphatic rings. The molecule has 0 aliphatic heterocycles. The van der Waals surface area contributed by atoms with Crippen LogP contribution in [-0.2, 0) is 16.0 Å². The van der Waals surface area contributed by atoms with E-state index < -0.39 is 22.6 Å². The maximum Gasteiger partial charge on any atom is 0.273 e. The van der Waals surface area contributed by atoms with Crippen molar-refractivity contribution in [2.75, 3.05) is 11.9 Å². The summed E-state index contributed by atoms with van der Waals surface area (Å²) in [7, 11) is 0. The summed E-state index contributed by atoms with van der Waals surface area (Å²) in [6.07, 6.45) is 1.21. The lowest BCUT2D eigenvalue weighted by atomic mass is 10.1. The van der Waals surface area contributed by atoms with E-state index in [9.17, 15) is 24.1 Å². The second-order valence-corrected chi connectivity index (χ2v) is 7.74. The molecule has 0 spiro atoms. The number of halogens is 2. The van der Waals surface area contributed by atoms with Crippen LogP contribution in [0.4, 0.5) is 15.8 Å². The van der Waals surface area contributed by atoms with E-state index in [1.54, 1.807) is 24.3 Å². The second-order valence-electron chi connectivity index (χ2n) is 6.89. The molecule has 0 saturated heterocycles. The maximum absolute atomic E-state index is 12.9. The Kier molecular flexibility index (Phi) is 8.41. The molecule has 0 unspecified atom stereocenters. The first-order chi connectivity index (χ1) is 16.3. The quantitative estimate of drug-likeness (QED) is 0.244. The van der Waals surface area contributed by atoms with Crippen molar-refractivity contribution in [3.05, 3.63) is 98.3 Å². The third-order valence-electron chi connectivity index (χ3n) is 4.38. The van der Waals surface area contributed by atoms with Gasteiger partial charge >= 0.3 is 0 Å². The molecule has 174 valence electrons. The van der Waals surface area contributed by atoms with Gasteiger partial charge in [-0.15, -0.1) is 0 Å².